The summed E-state index contributed by atoms with van der Waals surface area (Å²) in [6.07, 6.45) is 3.41. The van der Waals surface area contributed by atoms with E-state index in [2.05, 4.69) is 5.32 Å². The van der Waals surface area contributed by atoms with Crippen LogP contribution in [0.3, 0.4) is 0 Å². The molecule has 0 aliphatic carbocycles. The summed E-state index contributed by atoms with van der Waals surface area (Å²) in [5.41, 5.74) is 2.85. The monoisotopic (exact) mass is 310 g/mol. The van der Waals surface area contributed by atoms with Crippen molar-refractivity contribution in [2.75, 3.05) is 18.1 Å². The fourth-order valence-corrected chi connectivity index (χ4v) is 3.96. The minimum absolute atomic E-state index is 0.245. The topological polar surface area (TPSA) is 66.5 Å². The first-order valence-corrected chi connectivity index (χ1v) is 8.98. The smallest absolute Gasteiger partial charge is 0.242 e. The Morgan fingerprint density at radius 2 is 1.81 bits per heavy atom. The molecule has 0 aromatic heterocycles. The number of piperidine rings is 1. The summed E-state index contributed by atoms with van der Waals surface area (Å²) < 4.78 is 24.9. The molecule has 1 N–H and O–H groups in total. The zero-order chi connectivity index (χ0) is 15.6. The van der Waals surface area contributed by atoms with Gasteiger partial charge in [0.25, 0.3) is 0 Å². The van der Waals surface area contributed by atoms with Crippen LogP contribution in [0.2, 0.25) is 0 Å². The quantitative estimate of drug-likeness (QED) is 0.929. The standard InChI is InChI=1S/C15H22N2O3S/c1-11-8-12(2)10-13(9-11)16-15(18)14-6-4-5-7-17(14)21(3,19)20/h8-10,14H,4-7H2,1-3H3,(H,16,18). The SMILES string of the molecule is Cc1cc(C)cc(NC(=O)C2CCCCN2S(C)(=O)=O)c1. The maximum atomic E-state index is 12.4. The largest absolute Gasteiger partial charge is 0.325 e. The van der Waals surface area contributed by atoms with E-state index in [4.69, 9.17) is 0 Å². The second kappa shape index (κ2) is 6.15. The van der Waals surface area contributed by atoms with E-state index in [9.17, 15) is 13.2 Å². The molecule has 1 aromatic rings. The molecule has 116 valence electrons. The van der Waals surface area contributed by atoms with Gasteiger partial charge in [-0.2, -0.15) is 4.31 Å². The van der Waals surface area contributed by atoms with Gasteiger partial charge >= 0.3 is 0 Å². The van der Waals surface area contributed by atoms with Gasteiger partial charge in [0.15, 0.2) is 0 Å². The number of benzene rings is 1. The van der Waals surface area contributed by atoms with Crippen LogP contribution < -0.4 is 5.32 Å². The molecule has 5 nitrogen and oxygen atoms in total. The number of carbonyl (C=O) groups is 1. The highest BCUT2D eigenvalue weighted by Gasteiger charge is 2.34. The van der Waals surface area contributed by atoms with Gasteiger partial charge in [-0.3, -0.25) is 4.79 Å². The number of hydrogen-bond acceptors (Lipinski definition) is 3. The summed E-state index contributed by atoms with van der Waals surface area (Å²) in [7, 11) is -3.36. The first kappa shape index (κ1) is 16.0. The molecule has 0 radical (unpaired) electrons. The minimum atomic E-state index is -3.36. The molecule has 0 saturated carbocycles. The maximum absolute atomic E-state index is 12.4. The number of amides is 1. The molecular weight excluding hydrogens is 288 g/mol. The van der Waals surface area contributed by atoms with E-state index in [0.717, 1.165) is 35.9 Å². The number of carbonyl (C=O) groups excluding carboxylic acids is 1. The molecule has 1 aliphatic heterocycles. The number of sulfonamides is 1. The van der Waals surface area contributed by atoms with Gasteiger partial charge in [-0.25, -0.2) is 8.42 Å². The predicted molar refractivity (Wildman–Crippen MR) is 83.7 cm³/mol. The molecule has 1 atom stereocenters. The summed E-state index contributed by atoms with van der Waals surface area (Å²) >= 11 is 0. The van der Waals surface area contributed by atoms with Crippen molar-refractivity contribution in [1.82, 2.24) is 4.31 Å². The average Bonchev–Trinajstić information content (AvgIpc) is 2.36. The van der Waals surface area contributed by atoms with Crippen LogP contribution in [0.25, 0.3) is 0 Å². The molecular formula is C15H22N2O3S. The van der Waals surface area contributed by atoms with Crippen molar-refractivity contribution >= 4 is 21.6 Å². The van der Waals surface area contributed by atoms with E-state index in [1.807, 2.05) is 32.0 Å². The molecule has 1 unspecified atom stereocenters. The van der Waals surface area contributed by atoms with Crippen molar-refractivity contribution in [3.8, 4) is 0 Å². The van der Waals surface area contributed by atoms with E-state index in [-0.39, 0.29) is 5.91 Å². The molecule has 1 aromatic carbocycles. The molecule has 2 rings (SSSR count). The third-order valence-corrected chi connectivity index (χ3v) is 4.96. The summed E-state index contributed by atoms with van der Waals surface area (Å²) in [6.45, 7) is 4.35. The minimum Gasteiger partial charge on any atom is -0.325 e. The van der Waals surface area contributed by atoms with Gasteiger partial charge in [-0.1, -0.05) is 12.5 Å². The van der Waals surface area contributed by atoms with Gasteiger partial charge in [0, 0.05) is 12.2 Å². The fraction of sp³-hybridized carbons (Fsp3) is 0.533. The van der Waals surface area contributed by atoms with Crippen molar-refractivity contribution in [3.63, 3.8) is 0 Å². The summed E-state index contributed by atoms with van der Waals surface area (Å²) in [5, 5.41) is 2.85. The molecule has 1 fully saturated rings. The van der Waals surface area contributed by atoms with Gasteiger partial charge in [0.05, 0.1) is 6.26 Å². The van der Waals surface area contributed by atoms with Crippen LogP contribution in [0.1, 0.15) is 30.4 Å². The molecule has 6 heteroatoms. The number of rotatable bonds is 3. The van der Waals surface area contributed by atoms with Crippen molar-refractivity contribution in [2.24, 2.45) is 0 Å². The van der Waals surface area contributed by atoms with Gasteiger partial charge in [0.1, 0.15) is 6.04 Å². The molecule has 1 heterocycles. The molecule has 1 aliphatic rings. The summed E-state index contributed by atoms with van der Waals surface area (Å²) in [5.74, 6) is -0.245. The van der Waals surface area contributed by atoms with E-state index in [1.54, 1.807) is 0 Å². The lowest BCUT2D eigenvalue weighted by Gasteiger charge is -2.32. The lowest BCUT2D eigenvalue weighted by Crippen LogP contribution is -2.49. The fourth-order valence-electron chi connectivity index (χ4n) is 2.84. The molecule has 21 heavy (non-hydrogen) atoms. The van der Waals surface area contributed by atoms with Gasteiger partial charge < -0.3 is 5.32 Å². The van der Waals surface area contributed by atoms with Gasteiger partial charge in [0.2, 0.25) is 15.9 Å². The van der Waals surface area contributed by atoms with Crippen molar-refractivity contribution < 1.29 is 13.2 Å². The first-order valence-electron chi connectivity index (χ1n) is 7.13. The normalized spacial score (nSPS) is 20.2. The third-order valence-electron chi connectivity index (χ3n) is 3.67. The van der Waals surface area contributed by atoms with Gasteiger partial charge in [-0.05, 0) is 49.9 Å². The van der Waals surface area contributed by atoms with E-state index >= 15 is 0 Å². The van der Waals surface area contributed by atoms with Crippen LogP contribution in [0, 0.1) is 13.8 Å². The van der Waals surface area contributed by atoms with Crippen LogP contribution >= 0.6 is 0 Å². The second-order valence-corrected chi connectivity index (χ2v) is 7.69. The Morgan fingerprint density at radius 1 is 1.19 bits per heavy atom. The third kappa shape index (κ3) is 4.04. The Labute approximate surface area is 126 Å². The maximum Gasteiger partial charge on any atom is 0.242 e. The highest BCUT2D eigenvalue weighted by molar-refractivity contribution is 7.88. The van der Waals surface area contributed by atoms with Crippen molar-refractivity contribution in [3.05, 3.63) is 29.3 Å². The molecule has 1 saturated heterocycles. The van der Waals surface area contributed by atoms with Crippen LogP contribution in [0.5, 0.6) is 0 Å². The Bertz CT molecular complexity index is 620. The number of nitrogens with one attached hydrogen (secondary N) is 1. The average molecular weight is 310 g/mol. The van der Waals surface area contributed by atoms with Crippen molar-refractivity contribution in [1.29, 1.82) is 0 Å². The number of nitrogens with zero attached hydrogens (tertiary/aromatic N) is 1. The number of aryl methyl sites for hydroxylation is 2. The molecule has 1 amide bonds. The van der Waals surface area contributed by atoms with E-state index in [1.165, 1.54) is 4.31 Å². The van der Waals surface area contributed by atoms with Crippen LogP contribution in [0.15, 0.2) is 18.2 Å². The van der Waals surface area contributed by atoms with E-state index in [0.29, 0.717) is 13.0 Å². The Morgan fingerprint density at radius 3 is 2.38 bits per heavy atom. The predicted octanol–water partition coefficient (Wildman–Crippen LogP) is 2.06. The Balaban J connectivity index is 2.18. The summed E-state index contributed by atoms with van der Waals surface area (Å²) in [6, 6.07) is 5.20. The number of hydrogen-bond donors (Lipinski definition) is 1. The highest BCUT2D eigenvalue weighted by atomic mass is 32.2. The highest BCUT2D eigenvalue weighted by Crippen LogP contribution is 2.22. The van der Waals surface area contributed by atoms with Crippen LogP contribution in [-0.2, 0) is 14.8 Å². The zero-order valence-electron chi connectivity index (χ0n) is 12.7. The summed E-state index contributed by atoms with van der Waals surface area (Å²) in [4.78, 5) is 12.4. The first-order chi connectivity index (χ1) is 9.77. The molecule has 0 bridgehead atoms. The van der Waals surface area contributed by atoms with Gasteiger partial charge in [-0.15, -0.1) is 0 Å². The zero-order valence-corrected chi connectivity index (χ0v) is 13.5. The number of anilines is 1. The molecule has 0 spiro atoms. The Kier molecular flexibility index (Phi) is 4.68. The lowest BCUT2D eigenvalue weighted by molar-refractivity contribution is -0.120. The second-order valence-electron chi connectivity index (χ2n) is 5.75. The van der Waals surface area contributed by atoms with Crippen LogP contribution in [-0.4, -0.2) is 37.5 Å². The van der Waals surface area contributed by atoms with Crippen LogP contribution in [0.4, 0.5) is 5.69 Å². The lowest BCUT2D eigenvalue weighted by atomic mass is 10.0. The Hall–Kier alpha value is -1.40. The van der Waals surface area contributed by atoms with Crippen molar-refractivity contribution in [2.45, 2.75) is 39.2 Å². The van der Waals surface area contributed by atoms with E-state index < -0.39 is 16.1 Å².